The smallest absolute Gasteiger partial charge is 0.326 e. The van der Waals surface area contributed by atoms with Crippen molar-refractivity contribution in [2.45, 2.75) is 38.3 Å². The van der Waals surface area contributed by atoms with Gasteiger partial charge in [-0.05, 0) is 19.8 Å². The molecule has 0 saturated carbocycles. The van der Waals surface area contributed by atoms with E-state index < -0.39 is 22.2 Å². The highest BCUT2D eigenvalue weighted by Crippen LogP contribution is 2.25. The summed E-state index contributed by atoms with van der Waals surface area (Å²) in [4.78, 5) is 11.8. The average Bonchev–Trinajstić information content (AvgIpc) is 2.46. The number of morpholine rings is 1. The Labute approximate surface area is 120 Å². The van der Waals surface area contributed by atoms with E-state index in [1.165, 1.54) is 15.7 Å². The first-order valence-corrected chi connectivity index (χ1v) is 8.32. The Balaban J connectivity index is 2.23. The predicted octanol–water partition coefficient (Wildman–Crippen LogP) is -0.0206. The van der Waals surface area contributed by atoms with E-state index in [1.807, 2.05) is 6.92 Å². The zero-order valence-electron chi connectivity index (χ0n) is 11.9. The van der Waals surface area contributed by atoms with Crippen molar-refractivity contribution in [3.05, 3.63) is 0 Å². The van der Waals surface area contributed by atoms with Crippen LogP contribution in [0, 0.1) is 0 Å². The Morgan fingerprint density at radius 2 is 2.00 bits per heavy atom. The van der Waals surface area contributed by atoms with E-state index in [4.69, 9.17) is 4.74 Å². The van der Waals surface area contributed by atoms with Crippen molar-refractivity contribution in [3.8, 4) is 0 Å². The first kappa shape index (κ1) is 15.7. The van der Waals surface area contributed by atoms with Gasteiger partial charge < -0.3 is 9.47 Å². The van der Waals surface area contributed by atoms with Gasteiger partial charge in [-0.25, -0.2) is 0 Å². The molecule has 8 heteroatoms. The summed E-state index contributed by atoms with van der Waals surface area (Å²) in [7, 11) is -2.40. The third kappa shape index (κ3) is 2.98. The molecule has 0 amide bonds. The maximum atomic E-state index is 12.8. The van der Waals surface area contributed by atoms with E-state index in [-0.39, 0.29) is 19.2 Å². The van der Waals surface area contributed by atoms with Crippen LogP contribution < -0.4 is 0 Å². The molecule has 2 saturated heterocycles. The van der Waals surface area contributed by atoms with Gasteiger partial charge in [-0.1, -0.05) is 6.42 Å². The fourth-order valence-electron chi connectivity index (χ4n) is 2.74. The van der Waals surface area contributed by atoms with E-state index in [0.29, 0.717) is 13.2 Å². The van der Waals surface area contributed by atoms with Gasteiger partial charge in [0.05, 0.1) is 20.3 Å². The van der Waals surface area contributed by atoms with Crippen molar-refractivity contribution in [2.24, 2.45) is 0 Å². The topological polar surface area (TPSA) is 76.1 Å². The van der Waals surface area contributed by atoms with Gasteiger partial charge in [0.2, 0.25) is 0 Å². The molecule has 2 aliphatic rings. The Hall–Kier alpha value is -0.700. The van der Waals surface area contributed by atoms with Gasteiger partial charge in [-0.3, -0.25) is 4.79 Å². The lowest BCUT2D eigenvalue weighted by atomic mass is 10.1. The summed E-state index contributed by atoms with van der Waals surface area (Å²) in [6.45, 7) is 2.95. The van der Waals surface area contributed by atoms with Gasteiger partial charge in [0.15, 0.2) is 0 Å². The largest absolute Gasteiger partial charge is 0.468 e. The number of esters is 1. The summed E-state index contributed by atoms with van der Waals surface area (Å²) in [5, 5.41) is 0. The number of methoxy groups -OCH3 is 1. The van der Waals surface area contributed by atoms with Crippen molar-refractivity contribution in [3.63, 3.8) is 0 Å². The van der Waals surface area contributed by atoms with Gasteiger partial charge in [-0.2, -0.15) is 17.0 Å². The molecule has 20 heavy (non-hydrogen) atoms. The van der Waals surface area contributed by atoms with Crippen molar-refractivity contribution >= 4 is 16.2 Å². The summed E-state index contributed by atoms with van der Waals surface area (Å²) in [6.07, 6.45) is 2.75. The number of carbonyl (C=O) groups is 1. The Kier molecular flexibility index (Phi) is 5.00. The van der Waals surface area contributed by atoms with E-state index in [0.717, 1.165) is 19.3 Å². The lowest BCUT2D eigenvalue weighted by Gasteiger charge is -2.40. The molecular weight excluding hydrogens is 284 g/mol. The molecule has 0 aromatic carbocycles. The molecule has 0 radical (unpaired) electrons. The van der Waals surface area contributed by atoms with E-state index >= 15 is 0 Å². The summed E-state index contributed by atoms with van der Waals surface area (Å²) in [5.74, 6) is -0.571. The van der Waals surface area contributed by atoms with Crippen LogP contribution in [-0.4, -0.2) is 68.5 Å². The maximum absolute atomic E-state index is 12.8. The average molecular weight is 306 g/mol. The van der Waals surface area contributed by atoms with Crippen LogP contribution in [0.25, 0.3) is 0 Å². The lowest BCUT2D eigenvalue weighted by molar-refractivity contribution is -0.149. The monoisotopic (exact) mass is 306 g/mol. The fraction of sp³-hybridized carbons (Fsp3) is 0.917. The number of carbonyl (C=O) groups excluding carboxylic acids is 1. The summed E-state index contributed by atoms with van der Waals surface area (Å²) < 4.78 is 38.2. The van der Waals surface area contributed by atoms with Gasteiger partial charge in [0, 0.05) is 19.1 Å². The van der Waals surface area contributed by atoms with Gasteiger partial charge >= 0.3 is 5.97 Å². The second-order valence-corrected chi connectivity index (χ2v) is 7.02. The van der Waals surface area contributed by atoms with E-state index in [9.17, 15) is 13.2 Å². The quantitative estimate of drug-likeness (QED) is 0.685. The second-order valence-electron chi connectivity index (χ2n) is 5.19. The Bertz CT molecular complexity index is 453. The molecule has 0 spiro atoms. The van der Waals surface area contributed by atoms with Crippen LogP contribution in [0.5, 0.6) is 0 Å². The van der Waals surface area contributed by atoms with Crippen molar-refractivity contribution in [2.75, 3.05) is 33.4 Å². The molecule has 116 valence electrons. The van der Waals surface area contributed by atoms with Crippen LogP contribution in [0.4, 0.5) is 0 Å². The molecule has 0 bridgehead atoms. The molecule has 2 unspecified atom stereocenters. The molecule has 0 aromatic rings. The SMILES string of the molecule is COC(=O)C1COCCN1S(=O)(=O)N1CCCCC1C. The van der Waals surface area contributed by atoms with Crippen molar-refractivity contribution < 1.29 is 22.7 Å². The third-order valence-corrected chi connectivity index (χ3v) is 6.05. The second kappa shape index (κ2) is 6.38. The first-order chi connectivity index (χ1) is 9.48. The molecule has 2 rings (SSSR count). The molecule has 2 heterocycles. The van der Waals surface area contributed by atoms with Crippen molar-refractivity contribution in [1.82, 2.24) is 8.61 Å². The molecular formula is C12H22N2O5S. The number of rotatable bonds is 3. The maximum Gasteiger partial charge on any atom is 0.326 e. The highest BCUT2D eigenvalue weighted by Gasteiger charge is 2.43. The molecule has 2 fully saturated rings. The van der Waals surface area contributed by atoms with Crippen LogP contribution in [-0.2, 0) is 24.5 Å². The summed E-state index contributed by atoms with van der Waals surface area (Å²) in [5.41, 5.74) is 0. The van der Waals surface area contributed by atoms with E-state index in [1.54, 1.807) is 0 Å². The minimum Gasteiger partial charge on any atom is -0.468 e. The minimum absolute atomic E-state index is 0.0325. The van der Waals surface area contributed by atoms with Gasteiger partial charge in [0.1, 0.15) is 6.04 Å². The van der Waals surface area contributed by atoms with Crippen LogP contribution in [0.1, 0.15) is 26.2 Å². The van der Waals surface area contributed by atoms with Gasteiger partial charge in [0.25, 0.3) is 10.2 Å². The third-order valence-electron chi connectivity index (χ3n) is 3.89. The normalized spacial score (nSPS) is 30.1. The first-order valence-electron chi connectivity index (χ1n) is 6.92. The number of piperidine rings is 1. The summed E-state index contributed by atoms with van der Waals surface area (Å²) in [6, 6.07) is -0.914. The predicted molar refractivity (Wildman–Crippen MR) is 72.3 cm³/mol. The highest BCUT2D eigenvalue weighted by molar-refractivity contribution is 7.86. The number of ether oxygens (including phenoxy) is 2. The standard InChI is InChI=1S/C12H22N2O5S/c1-10-5-3-4-6-13(10)20(16,17)14-7-8-19-9-11(14)12(15)18-2/h10-11H,3-9H2,1-2H3. The molecule has 0 N–H and O–H groups in total. The zero-order chi connectivity index (χ0) is 14.8. The molecule has 2 atom stereocenters. The van der Waals surface area contributed by atoms with Crippen LogP contribution in [0.15, 0.2) is 0 Å². The molecule has 0 aliphatic carbocycles. The Morgan fingerprint density at radius 3 is 2.65 bits per heavy atom. The van der Waals surface area contributed by atoms with Crippen LogP contribution in [0.2, 0.25) is 0 Å². The highest BCUT2D eigenvalue weighted by atomic mass is 32.2. The fourth-order valence-corrected chi connectivity index (χ4v) is 4.70. The molecule has 0 aromatic heterocycles. The summed E-state index contributed by atoms with van der Waals surface area (Å²) >= 11 is 0. The molecule has 2 aliphatic heterocycles. The minimum atomic E-state index is -3.65. The molecule has 7 nitrogen and oxygen atoms in total. The van der Waals surface area contributed by atoms with Crippen LogP contribution in [0.3, 0.4) is 0 Å². The Morgan fingerprint density at radius 1 is 1.25 bits per heavy atom. The number of nitrogens with zero attached hydrogens (tertiary/aromatic N) is 2. The van der Waals surface area contributed by atoms with Crippen LogP contribution >= 0.6 is 0 Å². The van der Waals surface area contributed by atoms with Crippen molar-refractivity contribution in [1.29, 1.82) is 0 Å². The van der Waals surface area contributed by atoms with Gasteiger partial charge in [-0.15, -0.1) is 0 Å². The zero-order valence-corrected chi connectivity index (χ0v) is 12.8. The number of hydrogen-bond donors (Lipinski definition) is 0. The van der Waals surface area contributed by atoms with E-state index in [2.05, 4.69) is 4.74 Å². The number of hydrogen-bond acceptors (Lipinski definition) is 5. The lowest BCUT2D eigenvalue weighted by Crippen LogP contribution is -2.58.